The Balaban J connectivity index is 2.43. The summed E-state index contributed by atoms with van der Waals surface area (Å²) in [5, 5.41) is 29.3. The molecule has 0 fully saturated rings. The Kier molecular flexibility index (Phi) is 2.96. The summed E-state index contributed by atoms with van der Waals surface area (Å²) < 4.78 is 31.5. The van der Waals surface area contributed by atoms with Gasteiger partial charge in [0.05, 0.1) is 11.1 Å². The number of fused-ring (bicyclic) bond motifs is 2. The van der Waals surface area contributed by atoms with Crippen molar-refractivity contribution in [2.45, 2.75) is 4.90 Å². The van der Waals surface area contributed by atoms with E-state index in [0.717, 1.165) is 6.07 Å². The van der Waals surface area contributed by atoms with Crippen molar-refractivity contribution >= 4 is 21.7 Å². The monoisotopic (exact) mass is 336 g/mol. The van der Waals surface area contributed by atoms with Crippen molar-refractivity contribution in [3.05, 3.63) is 46.5 Å². The van der Waals surface area contributed by atoms with Gasteiger partial charge in [0.1, 0.15) is 22.1 Å². The van der Waals surface area contributed by atoms with E-state index in [9.17, 15) is 33.3 Å². The van der Waals surface area contributed by atoms with Gasteiger partial charge in [0.25, 0.3) is 10.1 Å². The topological polar surface area (TPSA) is 149 Å². The second kappa shape index (κ2) is 4.54. The average Bonchev–Trinajstić information content (AvgIpc) is 2.45. The number of carbonyl (C=O) groups is 2. The van der Waals surface area contributed by atoms with E-state index in [1.165, 1.54) is 12.1 Å². The summed E-state index contributed by atoms with van der Waals surface area (Å²) in [5.74, 6) is -4.13. The molecule has 0 aromatic heterocycles. The Morgan fingerprint density at radius 2 is 1.43 bits per heavy atom. The highest BCUT2D eigenvalue weighted by molar-refractivity contribution is 7.86. The highest BCUT2D eigenvalue weighted by atomic mass is 32.2. The number of carbonyl (C=O) groups excluding carboxylic acids is 2. The highest BCUT2D eigenvalue weighted by Gasteiger charge is 2.37. The van der Waals surface area contributed by atoms with E-state index in [-0.39, 0.29) is 16.9 Å². The minimum Gasteiger partial charge on any atom is -0.508 e. The van der Waals surface area contributed by atoms with E-state index in [1.807, 2.05) is 0 Å². The molecule has 0 saturated heterocycles. The normalized spacial score (nSPS) is 13.6. The quantitative estimate of drug-likeness (QED) is 0.377. The Bertz CT molecular complexity index is 1000. The van der Waals surface area contributed by atoms with Crippen LogP contribution in [0.4, 0.5) is 0 Å². The van der Waals surface area contributed by atoms with Gasteiger partial charge in [-0.25, -0.2) is 0 Å². The third kappa shape index (κ3) is 2.05. The van der Waals surface area contributed by atoms with Crippen LogP contribution in [0.5, 0.6) is 17.2 Å². The number of benzene rings is 2. The van der Waals surface area contributed by atoms with Crippen LogP contribution < -0.4 is 0 Å². The molecule has 0 amide bonds. The molecule has 0 radical (unpaired) electrons. The second-order valence-corrected chi connectivity index (χ2v) is 6.25. The van der Waals surface area contributed by atoms with Gasteiger partial charge < -0.3 is 15.3 Å². The van der Waals surface area contributed by atoms with E-state index < -0.39 is 49.2 Å². The lowest BCUT2D eigenvalue weighted by molar-refractivity contribution is 0.0973. The van der Waals surface area contributed by atoms with Crippen molar-refractivity contribution in [2.75, 3.05) is 0 Å². The van der Waals surface area contributed by atoms with Crippen LogP contribution in [0.2, 0.25) is 0 Å². The lowest BCUT2D eigenvalue weighted by Crippen LogP contribution is -2.22. The molecule has 0 aliphatic heterocycles. The average molecular weight is 336 g/mol. The van der Waals surface area contributed by atoms with Crippen LogP contribution >= 0.6 is 0 Å². The van der Waals surface area contributed by atoms with Crippen LogP contribution in [0.25, 0.3) is 0 Å². The van der Waals surface area contributed by atoms with Crippen molar-refractivity contribution < 1.29 is 37.9 Å². The van der Waals surface area contributed by atoms with E-state index in [4.69, 9.17) is 4.55 Å². The number of phenolic OH excluding ortho intramolecular Hbond substituents is 3. The van der Waals surface area contributed by atoms with Gasteiger partial charge in [0.2, 0.25) is 0 Å². The van der Waals surface area contributed by atoms with Gasteiger partial charge in [0, 0.05) is 17.2 Å². The first-order valence-electron chi connectivity index (χ1n) is 6.11. The van der Waals surface area contributed by atoms with E-state index >= 15 is 0 Å². The van der Waals surface area contributed by atoms with Gasteiger partial charge in [-0.3, -0.25) is 14.1 Å². The summed E-state index contributed by atoms with van der Waals surface area (Å²) in [5.41, 5.74) is -1.70. The largest absolute Gasteiger partial charge is 0.508 e. The summed E-state index contributed by atoms with van der Waals surface area (Å²) in [6, 6.07) is 3.80. The molecule has 3 rings (SSSR count). The lowest BCUT2D eigenvalue weighted by Gasteiger charge is -2.20. The molecule has 23 heavy (non-hydrogen) atoms. The fourth-order valence-electron chi connectivity index (χ4n) is 2.47. The van der Waals surface area contributed by atoms with Crippen LogP contribution in [0.15, 0.2) is 29.2 Å². The summed E-state index contributed by atoms with van der Waals surface area (Å²) in [6.07, 6.45) is 0. The number of hydrogen-bond acceptors (Lipinski definition) is 7. The van der Waals surface area contributed by atoms with Crippen molar-refractivity contribution in [1.82, 2.24) is 0 Å². The first-order chi connectivity index (χ1) is 10.6. The minimum atomic E-state index is -4.94. The summed E-state index contributed by atoms with van der Waals surface area (Å²) in [4.78, 5) is 23.7. The number of phenols is 3. The maximum absolute atomic E-state index is 12.4. The number of ketones is 2. The van der Waals surface area contributed by atoms with Crippen molar-refractivity contribution in [3.63, 3.8) is 0 Å². The second-order valence-electron chi connectivity index (χ2n) is 4.86. The fraction of sp³-hybridized carbons (Fsp3) is 0. The fourth-order valence-corrected chi connectivity index (χ4v) is 3.08. The van der Waals surface area contributed by atoms with Gasteiger partial charge >= 0.3 is 0 Å². The molecule has 8 nitrogen and oxygen atoms in total. The molecule has 0 bridgehead atoms. The molecular weight excluding hydrogens is 328 g/mol. The van der Waals surface area contributed by atoms with Crippen LogP contribution in [0, 0.1) is 0 Å². The molecule has 0 atom stereocenters. The van der Waals surface area contributed by atoms with Crippen molar-refractivity contribution in [1.29, 1.82) is 0 Å². The van der Waals surface area contributed by atoms with E-state index in [0.29, 0.717) is 6.07 Å². The van der Waals surface area contributed by atoms with Crippen LogP contribution in [-0.2, 0) is 10.1 Å². The predicted molar refractivity (Wildman–Crippen MR) is 74.6 cm³/mol. The van der Waals surface area contributed by atoms with Gasteiger partial charge in [-0.2, -0.15) is 8.42 Å². The van der Waals surface area contributed by atoms with Gasteiger partial charge in [-0.15, -0.1) is 0 Å². The molecule has 2 aromatic carbocycles. The van der Waals surface area contributed by atoms with Crippen LogP contribution in [0.3, 0.4) is 0 Å². The Morgan fingerprint density at radius 3 is 2.04 bits per heavy atom. The Labute approximate surface area is 129 Å². The molecule has 0 heterocycles. The van der Waals surface area contributed by atoms with E-state index in [1.54, 1.807) is 0 Å². The van der Waals surface area contributed by atoms with Gasteiger partial charge in [-0.1, -0.05) is 0 Å². The zero-order chi connectivity index (χ0) is 17.1. The highest BCUT2D eigenvalue weighted by Crippen LogP contribution is 2.41. The van der Waals surface area contributed by atoms with Crippen LogP contribution in [0.1, 0.15) is 31.8 Å². The molecule has 1 aliphatic rings. The standard InChI is InChI=1S/C14H8O8S/c15-5-1-2-6-7(3-5)13(18)11-10(12(6)17)8(16)4-9(14(11)19)23(20,21)22/h1-4,15-16,19H,(H,20,21,22). The van der Waals surface area contributed by atoms with Gasteiger partial charge in [-0.05, 0) is 18.2 Å². The molecule has 2 aromatic rings. The third-order valence-corrected chi connectivity index (χ3v) is 4.34. The number of rotatable bonds is 1. The molecular formula is C14H8O8S. The zero-order valence-corrected chi connectivity index (χ0v) is 12.0. The third-order valence-electron chi connectivity index (χ3n) is 3.47. The zero-order valence-electron chi connectivity index (χ0n) is 11.1. The first kappa shape index (κ1) is 15.0. The summed E-state index contributed by atoms with van der Waals surface area (Å²) in [7, 11) is -4.94. The van der Waals surface area contributed by atoms with Crippen molar-refractivity contribution in [3.8, 4) is 17.2 Å². The molecule has 4 N–H and O–H groups in total. The maximum Gasteiger partial charge on any atom is 0.298 e. The number of hydrogen-bond donors (Lipinski definition) is 4. The van der Waals surface area contributed by atoms with Crippen LogP contribution in [-0.4, -0.2) is 39.9 Å². The SMILES string of the molecule is O=C1c2ccc(O)cc2C(=O)c2c(O)c(S(=O)(=O)O)cc(O)c21. The summed E-state index contributed by atoms with van der Waals surface area (Å²) >= 11 is 0. The summed E-state index contributed by atoms with van der Waals surface area (Å²) in [6.45, 7) is 0. The smallest absolute Gasteiger partial charge is 0.298 e. The van der Waals surface area contributed by atoms with Crippen molar-refractivity contribution in [2.24, 2.45) is 0 Å². The Hall–Kier alpha value is -2.91. The molecule has 0 unspecified atom stereocenters. The molecule has 1 aliphatic carbocycles. The number of aromatic hydroxyl groups is 3. The predicted octanol–water partition coefficient (Wildman–Crippen LogP) is 0.826. The molecule has 0 saturated carbocycles. The molecule has 9 heteroatoms. The molecule has 0 spiro atoms. The van der Waals surface area contributed by atoms with E-state index in [2.05, 4.69) is 0 Å². The first-order valence-corrected chi connectivity index (χ1v) is 7.55. The minimum absolute atomic E-state index is 0.116. The van der Waals surface area contributed by atoms with Gasteiger partial charge in [0.15, 0.2) is 11.6 Å². The lowest BCUT2D eigenvalue weighted by atomic mass is 9.83. The molecule has 118 valence electrons. The Morgan fingerprint density at radius 1 is 0.826 bits per heavy atom. The maximum atomic E-state index is 12.4.